The van der Waals surface area contributed by atoms with Gasteiger partial charge in [0.15, 0.2) is 3.92 Å². The molecule has 1 saturated heterocycles. The van der Waals surface area contributed by atoms with Crippen LogP contribution in [0.1, 0.15) is 18.2 Å². The number of anilines is 2. The number of benzene rings is 1. The van der Waals surface area contributed by atoms with E-state index in [1.807, 2.05) is 11.8 Å². The van der Waals surface area contributed by atoms with E-state index in [2.05, 4.69) is 31.5 Å². The summed E-state index contributed by atoms with van der Waals surface area (Å²) in [5.74, 6) is -0.489. The van der Waals surface area contributed by atoms with Crippen LogP contribution in [0.4, 0.5) is 24.5 Å². The van der Waals surface area contributed by atoms with Gasteiger partial charge in [0.1, 0.15) is 22.6 Å². The first kappa shape index (κ1) is 25.0. The lowest BCUT2D eigenvalue weighted by atomic mass is 10.1. The first-order valence-electron chi connectivity index (χ1n) is 10.4. The van der Waals surface area contributed by atoms with Crippen molar-refractivity contribution < 1.29 is 18.0 Å². The third kappa shape index (κ3) is 4.95. The SMILES string of the molecule is CCc1c(N2CCNCC2)c(=O)c2nc(Br)sc2n1CC(=O)Nc1ccc(C(F)(F)F)cc1Cl. The van der Waals surface area contributed by atoms with E-state index in [-0.39, 0.29) is 28.2 Å². The van der Waals surface area contributed by atoms with Crippen LogP contribution in [0.15, 0.2) is 26.9 Å². The number of alkyl halides is 3. The summed E-state index contributed by atoms with van der Waals surface area (Å²) in [5, 5.41) is 5.63. The molecule has 4 rings (SSSR count). The summed E-state index contributed by atoms with van der Waals surface area (Å²) in [7, 11) is 0. The van der Waals surface area contributed by atoms with E-state index in [9.17, 15) is 22.8 Å². The molecule has 3 heterocycles. The largest absolute Gasteiger partial charge is 0.416 e. The van der Waals surface area contributed by atoms with Crippen molar-refractivity contribution in [3.05, 3.63) is 48.6 Å². The maximum atomic E-state index is 13.3. The Morgan fingerprint density at radius 2 is 2.03 bits per heavy atom. The number of hydrogen-bond donors (Lipinski definition) is 2. The molecule has 1 aliphatic heterocycles. The van der Waals surface area contributed by atoms with Crippen molar-refractivity contribution in [1.29, 1.82) is 0 Å². The smallest absolute Gasteiger partial charge is 0.364 e. The molecule has 2 N–H and O–H groups in total. The van der Waals surface area contributed by atoms with Crippen LogP contribution in [-0.4, -0.2) is 41.6 Å². The summed E-state index contributed by atoms with van der Waals surface area (Å²) in [5.41, 5.74) is 0.476. The summed E-state index contributed by atoms with van der Waals surface area (Å²) >= 11 is 10.6. The topological polar surface area (TPSA) is 79.3 Å². The monoisotopic (exact) mass is 577 g/mol. The van der Waals surface area contributed by atoms with Crippen LogP contribution in [0.25, 0.3) is 10.3 Å². The number of carbonyl (C=O) groups excluding carboxylic acids is 1. The highest BCUT2D eigenvalue weighted by molar-refractivity contribution is 9.11. The van der Waals surface area contributed by atoms with E-state index in [4.69, 9.17) is 11.6 Å². The van der Waals surface area contributed by atoms with Crippen LogP contribution in [0, 0.1) is 0 Å². The van der Waals surface area contributed by atoms with E-state index in [0.29, 0.717) is 39.6 Å². The second-order valence-electron chi connectivity index (χ2n) is 7.66. The van der Waals surface area contributed by atoms with E-state index >= 15 is 0 Å². The van der Waals surface area contributed by atoms with Crippen molar-refractivity contribution in [1.82, 2.24) is 14.9 Å². The highest BCUT2D eigenvalue weighted by Crippen LogP contribution is 2.34. The molecule has 0 bridgehead atoms. The zero-order chi connectivity index (χ0) is 24.6. The van der Waals surface area contributed by atoms with Gasteiger partial charge in [-0.05, 0) is 40.5 Å². The molecular formula is C21H20BrClF3N5O2S. The predicted molar refractivity (Wildman–Crippen MR) is 131 cm³/mol. The van der Waals surface area contributed by atoms with E-state index in [0.717, 1.165) is 31.3 Å². The number of halogens is 5. The van der Waals surface area contributed by atoms with Gasteiger partial charge in [0.2, 0.25) is 11.3 Å². The van der Waals surface area contributed by atoms with Crippen LogP contribution in [-0.2, 0) is 23.9 Å². The van der Waals surface area contributed by atoms with Crippen molar-refractivity contribution in [2.75, 3.05) is 36.4 Å². The third-order valence-electron chi connectivity index (χ3n) is 5.50. The molecule has 182 valence electrons. The lowest BCUT2D eigenvalue weighted by molar-refractivity contribution is -0.137. The Kier molecular flexibility index (Phi) is 7.22. The molecule has 1 aromatic carbocycles. The van der Waals surface area contributed by atoms with E-state index in [1.54, 1.807) is 4.57 Å². The molecule has 7 nitrogen and oxygen atoms in total. The van der Waals surface area contributed by atoms with E-state index < -0.39 is 17.6 Å². The zero-order valence-electron chi connectivity index (χ0n) is 17.9. The average Bonchev–Trinajstić information content (AvgIpc) is 3.18. The molecule has 1 amide bonds. The fourth-order valence-electron chi connectivity index (χ4n) is 3.98. The van der Waals surface area contributed by atoms with Gasteiger partial charge < -0.3 is 20.1 Å². The second kappa shape index (κ2) is 9.84. The van der Waals surface area contributed by atoms with E-state index in [1.165, 1.54) is 11.3 Å². The first-order valence-corrected chi connectivity index (χ1v) is 12.4. The summed E-state index contributed by atoms with van der Waals surface area (Å²) in [6.07, 6.45) is -4.04. The number of thiazole rings is 1. The Morgan fingerprint density at radius 1 is 1.32 bits per heavy atom. The molecule has 1 aliphatic rings. The number of rotatable bonds is 5. The van der Waals surface area contributed by atoms with Gasteiger partial charge in [0.25, 0.3) is 0 Å². The second-order valence-corrected chi connectivity index (χ2v) is 10.3. The van der Waals surface area contributed by atoms with Gasteiger partial charge in [-0.2, -0.15) is 13.2 Å². The molecule has 0 radical (unpaired) electrons. The minimum absolute atomic E-state index is 0.0721. The van der Waals surface area contributed by atoms with Gasteiger partial charge in [-0.1, -0.05) is 29.9 Å². The number of pyridine rings is 1. The summed E-state index contributed by atoms with van der Waals surface area (Å²) in [6.45, 7) is 4.50. The Bertz CT molecular complexity index is 1300. The summed E-state index contributed by atoms with van der Waals surface area (Å²) in [4.78, 5) is 33.2. The summed E-state index contributed by atoms with van der Waals surface area (Å²) < 4.78 is 41.0. The molecule has 34 heavy (non-hydrogen) atoms. The average molecular weight is 579 g/mol. The van der Waals surface area contributed by atoms with Crippen molar-refractivity contribution in [3.8, 4) is 0 Å². The Hall–Kier alpha value is -2.15. The molecule has 3 aromatic rings. The van der Waals surface area contributed by atoms with Crippen LogP contribution in [0.3, 0.4) is 0 Å². The number of carbonyl (C=O) groups is 1. The molecule has 0 aliphatic carbocycles. The van der Waals surface area contributed by atoms with Gasteiger partial charge in [-0.15, -0.1) is 0 Å². The van der Waals surface area contributed by atoms with Gasteiger partial charge in [0, 0.05) is 31.9 Å². The zero-order valence-corrected chi connectivity index (χ0v) is 21.1. The van der Waals surface area contributed by atoms with Crippen LogP contribution in [0.2, 0.25) is 5.02 Å². The van der Waals surface area contributed by atoms with Crippen LogP contribution in [0.5, 0.6) is 0 Å². The maximum absolute atomic E-state index is 13.3. The van der Waals surface area contributed by atoms with Crippen molar-refractivity contribution in [2.45, 2.75) is 26.1 Å². The van der Waals surface area contributed by atoms with Gasteiger partial charge >= 0.3 is 6.18 Å². The number of aromatic nitrogens is 2. The van der Waals surface area contributed by atoms with Crippen LogP contribution >= 0.6 is 38.9 Å². The number of fused-ring (bicyclic) bond motifs is 1. The number of hydrogen-bond acceptors (Lipinski definition) is 6. The Balaban J connectivity index is 1.72. The number of nitrogens with zero attached hydrogens (tertiary/aromatic N) is 3. The maximum Gasteiger partial charge on any atom is 0.416 e. The first-order chi connectivity index (χ1) is 16.1. The highest BCUT2D eigenvalue weighted by atomic mass is 79.9. The molecule has 0 unspecified atom stereocenters. The molecule has 2 aromatic heterocycles. The van der Waals surface area contributed by atoms with Crippen molar-refractivity contribution >= 4 is 66.5 Å². The van der Waals surface area contributed by atoms with Gasteiger partial charge in [-0.3, -0.25) is 9.59 Å². The number of piperazine rings is 1. The lowest BCUT2D eigenvalue weighted by Crippen LogP contribution is -2.46. The molecule has 0 spiro atoms. The molecule has 0 atom stereocenters. The van der Waals surface area contributed by atoms with Gasteiger partial charge in [-0.25, -0.2) is 4.98 Å². The minimum atomic E-state index is -4.54. The number of amides is 1. The predicted octanol–water partition coefficient (Wildman–Crippen LogP) is 4.50. The van der Waals surface area contributed by atoms with Crippen molar-refractivity contribution in [2.24, 2.45) is 0 Å². The highest BCUT2D eigenvalue weighted by Gasteiger charge is 2.31. The lowest BCUT2D eigenvalue weighted by Gasteiger charge is -2.31. The molecular weight excluding hydrogens is 559 g/mol. The number of nitrogens with one attached hydrogen (secondary N) is 2. The van der Waals surface area contributed by atoms with Crippen molar-refractivity contribution in [3.63, 3.8) is 0 Å². The molecule has 13 heteroatoms. The van der Waals surface area contributed by atoms with Gasteiger partial charge in [0.05, 0.1) is 16.3 Å². The normalized spacial score (nSPS) is 14.6. The molecule has 1 fully saturated rings. The fraction of sp³-hybridized carbons (Fsp3) is 0.381. The Labute approximate surface area is 210 Å². The fourth-order valence-corrected chi connectivity index (χ4v) is 5.66. The standard InChI is InChI=1S/C21H20BrClF3N5O2S/c1-2-14-17(30-7-5-27-6-8-30)18(33)16-19(34-20(22)29-16)31(14)10-15(32)28-13-4-3-11(9-12(13)23)21(24,25)26/h3-4,9,27H,2,5-8,10H2,1H3,(H,28,32). The Morgan fingerprint density at radius 3 is 2.65 bits per heavy atom. The third-order valence-corrected chi connectivity index (χ3v) is 7.34. The van der Waals surface area contributed by atoms with Crippen LogP contribution < -0.4 is 21.0 Å². The quantitative estimate of drug-likeness (QED) is 0.466. The minimum Gasteiger partial charge on any atom is -0.364 e. The summed E-state index contributed by atoms with van der Waals surface area (Å²) in [6, 6.07) is 2.76. The molecule has 0 saturated carbocycles.